The third-order valence-corrected chi connectivity index (χ3v) is 6.06. The van der Waals surface area contributed by atoms with Crippen LogP contribution in [0.15, 0.2) is 71.6 Å². The fraction of sp³-hybridized carbons (Fsp3) is 0.200. The minimum atomic E-state index is -3.67. The lowest BCUT2D eigenvalue weighted by atomic mass is 10.1. The highest BCUT2D eigenvalue weighted by Crippen LogP contribution is 2.29. The first-order chi connectivity index (χ1) is 12.6. The molecule has 0 bridgehead atoms. The van der Waals surface area contributed by atoms with Gasteiger partial charge in [-0.05, 0) is 35.7 Å². The van der Waals surface area contributed by atoms with Crippen LogP contribution in [0.4, 0.5) is 11.4 Å². The molecule has 1 heterocycles. The molecular weight excluding hydrogens is 346 g/mol. The topological polar surface area (TPSA) is 61.4 Å². The minimum Gasteiger partial charge on any atom is -0.369 e. The van der Waals surface area contributed by atoms with Crippen LogP contribution in [0.1, 0.15) is 0 Å². The van der Waals surface area contributed by atoms with Crippen molar-refractivity contribution in [2.75, 3.05) is 35.8 Å². The van der Waals surface area contributed by atoms with Gasteiger partial charge in [0.2, 0.25) is 0 Å². The van der Waals surface area contributed by atoms with Gasteiger partial charge < -0.3 is 10.2 Å². The summed E-state index contributed by atoms with van der Waals surface area (Å²) in [6.07, 6.45) is 0. The molecule has 1 aliphatic rings. The van der Waals surface area contributed by atoms with E-state index in [2.05, 4.69) is 21.0 Å². The van der Waals surface area contributed by atoms with Crippen molar-refractivity contribution in [3.63, 3.8) is 0 Å². The molecule has 1 fully saturated rings. The van der Waals surface area contributed by atoms with Crippen LogP contribution in [0.2, 0.25) is 0 Å². The summed E-state index contributed by atoms with van der Waals surface area (Å²) >= 11 is 0. The van der Waals surface area contributed by atoms with Crippen molar-refractivity contribution in [1.82, 2.24) is 5.32 Å². The van der Waals surface area contributed by atoms with Gasteiger partial charge in [0.1, 0.15) is 0 Å². The molecule has 26 heavy (non-hydrogen) atoms. The molecule has 0 atom stereocenters. The van der Waals surface area contributed by atoms with E-state index in [1.54, 1.807) is 24.3 Å². The maximum Gasteiger partial charge on any atom is 0.262 e. The molecule has 3 aromatic carbocycles. The van der Waals surface area contributed by atoms with Gasteiger partial charge in [-0.25, -0.2) is 8.42 Å². The van der Waals surface area contributed by atoms with E-state index in [-0.39, 0.29) is 0 Å². The van der Waals surface area contributed by atoms with Gasteiger partial charge in [0.25, 0.3) is 10.0 Å². The highest BCUT2D eigenvalue weighted by molar-refractivity contribution is 7.93. The Bertz CT molecular complexity index is 1010. The monoisotopic (exact) mass is 367 g/mol. The average molecular weight is 367 g/mol. The standard InChI is InChI=1S/C20H21N3O2S/c24-26(25,22-17-6-2-1-3-7-17)20-8-4-5-16-9-10-18(15-19(16)20)23-13-11-21-12-14-23/h1-10,15,21-22H,11-14H2. The van der Waals surface area contributed by atoms with E-state index in [1.165, 1.54) is 0 Å². The number of sulfonamides is 1. The molecule has 2 N–H and O–H groups in total. The first-order valence-electron chi connectivity index (χ1n) is 8.70. The predicted molar refractivity (Wildman–Crippen MR) is 106 cm³/mol. The molecule has 0 aliphatic carbocycles. The van der Waals surface area contributed by atoms with Crippen LogP contribution in [0.5, 0.6) is 0 Å². The highest BCUT2D eigenvalue weighted by atomic mass is 32.2. The number of hydrogen-bond acceptors (Lipinski definition) is 4. The molecule has 0 aromatic heterocycles. The van der Waals surface area contributed by atoms with Crippen LogP contribution >= 0.6 is 0 Å². The Morgan fingerprint density at radius 1 is 0.885 bits per heavy atom. The zero-order chi connectivity index (χ0) is 18.0. The van der Waals surface area contributed by atoms with E-state index in [0.29, 0.717) is 10.6 Å². The Labute approximate surface area is 153 Å². The lowest BCUT2D eigenvalue weighted by molar-refractivity contribution is 0.589. The Morgan fingerprint density at radius 2 is 1.65 bits per heavy atom. The van der Waals surface area contributed by atoms with Gasteiger partial charge in [-0.2, -0.15) is 0 Å². The number of rotatable bonds is 4. The molecule has 6 heteroatoms. The molecule has 0 amide bonds. The highest BCUT2D eigenvalue weighted by Gasteiger charge is 2.19. The first kappa shape index (κ1) is 16.9. The van der Waals surface area contributed by atoms with Crippen molar-refractivity contribution < 1.29 is 8.42 Å². The maximum atomic E-state index is 13.0. The summed E-state index contributed by atoms with van der Waals surface area (Å²) in [5, 5.41) is 5.00. The maximum absolute atomic E-state index is 13.0. The summed E-state index contributed by atoms with van der Waals surface area (Å²) in [4.78, 5) is 2.58. The third kappa shape index (κ3) is 3.38. The second kappa shape index (κ2) is 6.97. The summed E-state index contributed by atoms with van der Waals surface area (Å²) in [6, 6.07) is 20.4. The number of hydrogen-bond donors (Lipinski definition) is 2. The molecule has 0 spiro atoms. The Morgan fingerprint density at radius 3 is 2.42 bits per heavy atom. The summed E-state index contributed by atoms with van der Waals surface area (Å²) < 4.78 is 28.6. The zero-order valence-electron chi connectivity index (χ0n) is 14.4. The molecule has 5 nitrogen and oxygen atoms in total. The summed E-state index contributed by atoms with van der Waals surface area (Å²) in [5.74, 6) is 0. The van der Waals surface area contributed by atoms with Crippen molar-refractivity contribution in [3.8, 4) is 0 Å². The van der Waals surface area contributed by atoms with Gasteiger partial charge in [-0.15, -0.1) is 0 Å². The van der Waals surface area contributed by atoms with Crippen molar-refractivity contribution >= 4 is 32.2 Å². The van der Waals surface area contributed by atoms with Gasteiger partial charge in [0.05, 0.1) is 4.90 Å². The van der Waals surface area contributed by atoms with Gasteiger partial charge in [0, 0.05) is 42.9 Å². The quantitative estimate of drug-likeness (QED) is 0.744. The van der Waals surface area contributed by atoms with E-state index in [9.17, 15) is 8.42 Å². The van der Waals surface area contributed by atoms with Crippen molar-refractivity contribution in [2.24, 2.45) is 0 Å². The summed E-state index contributed by atoms with van der Waals surface area (Å²) in [6.45, 7) is 3.71. The Kier molecular flexibility index (Phi) is 4.53. The van der Waals surface area contributed by atoms with Crippen LogP contribution in [0, 0.1) is 0 Å². The molecular formula is C20H21N3O2S. The number of fused-ring (bicyclic) bond motifs is 1. The smallest absolute Gasteiger partial charge is 0.262 e. The normalized spacial score (nSPS) is 15.2. The van der Waals surface area contributed by atoms with E-state index in [1.807, 2.05) is 36.4 Å². The van der Waals surface area contributed by atoms with Crippen LogP contribution in [0.25, 0.3) is 10.8 Å². The molecule has 1 aliphatic heterocycles. The lowest BCUT2D eigenvalue weighted by Gasteiger charge is -2.29. The van der Waals surface area contributed by atoms with Crippen molar-refractivity contribution in [1.29, 1.82) is 0 Å². The van der Waals surface area contributed by atoms with Gasteiger partial charge >= 0.3 is 0 Å². The molecule has 3 aromatic rings. The van der Waals surface area contributed by atoms with Crippen LogP contribution in [-0.2, 0) is 10.0 Å². The fourth-order valence-electron chi connectivity index (χ4n) is 3.30. The number of para-hydroxylation sites is 1. The van der Waals surface area contributed by atoms with E-state index in [0.717, 1.165) is 42.6 Å². The number of nitrogens with zero attached hydrogens (tertiary/aromatic N) is 1. The SMILES string of the molecule is O=S(=O)(Nc1ccccc1)c1cccc2ccc(N3CCNCC3)cc12. The number of piperazine rings is 1. The molecule has 0 radical (unpaired) electrons. The molecule has 4 rings (SSSR count). The van der Waals surface area contributed by atoms with Gasteiger partial charge in [-0.1, -0.05) is 36.4 Å². The number of anilines is 2. The minimum absolute atomic E-state index is 0.302. The molecule has 134 valence electrons. The lowest BCUT2D eigenvalue weighted by Crippen LogP contribution is -2.43. The van der Waals surface area contributed by atoms with Crippen LogP contribution in [-0.4, -0.2) is 34.6 Å². The Balaban J connectivity index is 1.76. The van der Waals surface area contributed by atoms with Crippen molar-refractivity contribution in [3.05, 3.63) is 66.7 Å². The van der Waals surface area contributed by atoms with Gasteiger partial charge in [0.15, 0.2) is 0 Å². The summed E-state index contributed by atoms with van der Waals surface area (Å²) in [7, 11) is -3.67. The third-order valence-electron chi connectivity index (χ3n) is 4.62. The van der Waals surface area contributed by atoms with Crippen LogP contribution < -0.4 is 14.9 Å². The van der Waals surface area contributed by atoms with Crippen molar-refractivity contribution in [2.45, 2.75) is 4.90 Å². The number of benzene rings is 3. The molecule has 0 saturated carbocycles. The Hall–Kier alpha value is -2.57. The fourth-order valence-corrected chi connectivity index (χ4v) is 4.58. The first-order valence-corrected chi connectivity index (χ1v) is 10.2. The van der Waals surface area contributed by atoms with E-state index < -0.39 is 10.0 Å². The molecule has 0 unspecified atom stereocenters. The zero-order valence-corrected chi connectivity index (χ0v) is 15.2. The van der Waals surface area contributed by atoms with E-state index in [4.69, 9.17) is 0 Å². The largest absolute Gasteiger partial charge is 0.369 e. The van der Waals surface area contributed by atoms with Gasteiger partial charge in [-0.3, -0.25) is 4.72 Å². The second-order valence-corrected chi connectivity index (χ2v) is 8.02. The number of nitrogens with one attached hydrogen (secondary N) is 2. The molecule has 1 saturated heterocycles. The van der Waals surface area contributed by atoms with Crippen LogP contribution in [0.3, 0.4) is 0 Å². The summed E-state index contributed by atoms with van der Waals surface area (Å²) in [5.41, 5.74) is 1.61. The second-order valence-electron chi connectivity index (χ2n) is 6.37. The average Bonchev–Trinajstić information content (AvgIpc) is 2.68. The van der Waals surface area contributed by atoms with E-state index >= 15 is 0 Å². The predicted octanol–water partition coefficient (Wildman–Crippen LogP) is 3.05.